The van der Waals surface area contributed by atoms with Gasteiger partial charge in [-0.05, 0) is 18.2 Å². The minimum absolute atomic E-state index is 0.108. The topological polar surface area (TPSA) is 83.1 Å². The molecular formula is C14H14N4O2S. The minimum atomic E-state index is -0.159. The van der Waals surface area contributed by atoms with Gasteiger partial charge in [-0.25, -0.2) is 4.98 Å². The number of hydrogen-bond donors (Lipinski definition) is 3. The number of carbonyl (C=O) groups excluding carboxylic acids is 2. The third kappa shape index (κ3) is 3.19. The zero-order valence-corrected chi connectivity index (χ0v) is 12.0. The van der Waals surface area contributed by atoms with E-state index in [2.05, 4.69) is 20.9 Å². The number of fused-ring (bicyclic) bond motifs is 1. The van der Waals surface area contributed by atoms with E-state index in [4.69, 9.17) is 0 Å². The molecule has 0 spiro atoms. The van der Waals surface area contributed by atoms with Gasteiger partial charge in [-0.15, -0.1) is 11.3 Å². The first-order chi connectivity index (χ1) is 10.2. The number of carbonyl (C=O) groups is 2. The smallest absolute Gasteiger partial charge is 0.251 e. The van der Waals surface area contributed by atoms with Gasteiger partial charge < -0.3 is 16.0 Å². The highest BCUT2D eigenvalue weighted by Crippen LogP contribution is 2.25. The van der Waals surface area contributed by atoms with Gasteiger partial charge in [0.15, 0.2) is 0 Å². The predicted octanol–water partition coefficient (Wildman–Crippen LogP) is 1.48. The van der Waals surface area contributed by atoms with Crippen LogP contribution in [0, 0.1) is 0 Å². The normalized spacial score (nSPS) is 13.0. The van der Waals surface area contributed by atoms with Crippen molar-refractivity contribution < 1.29 is 9.59 Å². The minimum Gasteiger partial charge on any atom is -0.374 e. The van der Waals surface area contributed by atoms with Gasteiger partial charge >= 0.3 is 0 Å². The maximum atomic E-state index is 12.1. The molecule has 3 N–H and O–H groups in total. The Bertz CT molecular complexity index is 670. The second-order valence-corrected chi connectivity index (χ2v) is 5.37. The van der Waals surface area contributed by atoms with Gasteiger partial charge in [-0.1, -0.05) is 0 Å². The molecule has 0 radical (unpaired) electrons. The van der Waals surface area contributed by atoms with Crippen LogP contribution in [-0.4, -0.2) is 29.9 Å². The van der Waals surface area contributed by atoms with E-state index in [1.165, 1.54) is 11.3 Å². The summed E-state index contributed by atoms with van der Waals surface area (Å²) in [5, 5.41) is 10.5. The molecular weight excluding hydrogens is 288 g/mol. The van der Waals surface area contributed by atoms with Crippen molar-refractivity contribution in [2.75, 3.05) is 23.7 Å². The average Bonchev–Trinajstić information content (AvgIpc) is 2.99. The summed E-state index contributed by atoms with van der Waals surface area (Å²) in [7, 11) is 0. The first kappa shape index (κ1) is 13.6. The van der Waals surface area contributed by atoms with Crippen LogP contribution < -0.4 is 16.0 Å². The molecule has 1 aliphatic heterocycles. The Kier molecular flexibility index (Phi) is 3.83. The van der Waals surface area contributed by atoms with Crippen molar-refractivity contribution in [3.63, 3.8) is 0 Å². The first-order valence-electron chi connectivity index (χ1n) is 6.55. The van der Waals surface area contributed by atoms with Crippen LogP contribution in [0.1, 0.15) is 16.1 Å². The highest BCUT2D eigenvalue weighted by molar-refractivity contribution is 7.07. The molecule has 0 saturated heterocycles. The van der Waals surface area contributed by atoms with Crippen LogP contribution in [0.25, 0.3) is 0 Å². The van der Waals surface area contributed by atoms with E-state index >= 15 is 0 Å². The largest absolute Gasteiger partial charge is 0.374 e. The molecule has 1 aromatic heterocycles. The monoisotopic (exact) mass is 302 g/mol. The number of nitrogens with one attached hydrogen (secondary N) is 3. The van der Waals surface area contributed by atoms with Crippen LogP contribution in [0.2, 0.25) is 0 Å². The summed E-state index contributed by atoms with van der Waals surface area (Å²) in [6.07, 6.45) is 0.707. The molecule has 2 aromatic rings. The van der Waals surface area contributed by atoms with Crippen LogP contribution in [0.3, 0.4) is 0 Å². The lowest BCUT2D eigenvalue weighted by Gasteiger charge is -2.19. The van der Waals surface area contributed by atoms with Crippen LogP contribution in [0.4, 0.5) is 11.4 Å². The summed E-state index contributed by atoms with van der Waals surface area (Å²) in [6, 6.07) is 5.21. The number of anilines is 2. The Balaban J connectivity index is 1.62. The lowest BCUT2D eigenvalue weighted by molar-refractivity contribution is -0.114. The Labute approximate surface area is 125 Å². The Hall–Kier alpha value is -2.41. The van der Waals surface area contributed by atoms with Crippen LogP contribution >= 0.6 is 11.3 Å². The van der Waals surface area contributed by atoms with Crippen molar-refractivity contribution in [2.45, 2.75) is 6.42 Å². The van der Waals surface area contributed by atoms with Gasteiger partial charge in [0.2, 0.25) is 5.91 Å². The van der Waals surface area contributed by atoms with Crippen molar-refractivity contribution in [2.24, 2.45) is 0 Å². The van der Waals surface area contributed by atoms with Crippen molar-refractivity contribution in [1.29, 1.82) is 0 Å². The average molecular weight is 302 g/mol. The summed E-state index contributed by atoms with van der Waals surface area (Å²) in [6.45, 7) is 0.788. The van der Waals surface area contributed by atoms with Gasteiger partial charge in [0.1, 0.15) is 0 Å². The number of thiazole rings is 1. The summed E-state index contributed by atoms with van der Waals surface area (Å²) < 4.78 is 0. The maximum Gasteiger partial charge on any atom is 0.251 e. The van der Waals surface area contributed by atoms with E-state index in [-0.39, 0.29) is 18.4 Å². The Morgan fingerprint density at radius 1 is 1.38 bits per heavy atom. The summed E-state index contributed by atoms with van der Waals surface area (Å²) in [5.41, 5.74) is 4.74. The maximum absolute atomic E-state index is 12.1. The van der Waals surface area contributed by atoms with Gasteiger partial charge in [-0.2, -0.15) is 0 Å². The van der Waals surface area contributed by atoms with Gasteiger partial charge in [0.25, 0.3) is 5.91 Å². The Morgan fingerprint density at radius 3 is 3.10 bits per heavy atom. The number of benzene rings is 1. The van der Waals surface area contributed by atoms with Crippen LogP contribution in [0.15, 0.2) is 29.1 Å². The fourth-order valence-corrected chi connectivity index (χ4v) is 2.67. The van der Waals surface area contributed by atoms with Gasteiger partial charge in [0, 0.05) is 23.9 Å². The highest BCUT2D eigenvalue weighted by atomic mass is 32.1. The number of amides is 2. The molecule has 2 amide bonds. The van der Waals surface area contributed by atoms with Crippen molar-refractivity contribution in [1.82, 2.24) is 10.3 Å². The zero-order valence-electron chi connectivity index (χ0n) is 11.2. The molecule has 1 aromatic carbocycles. The third-order valence-corrected chi connectivity index (χ3v) is 3.78. The standard InChI is InChI=1S/C14H14N4O2S/c19-13-6-16-11-2-1-9(5-12(11)18-13)14(20)15-4-3-10-7-21-8-17-10/h1-2,5,7-8,16H,3-4,6H2,(H,15,20)(H,18,19). The highest BCUT2D eigenvalue weighted by Gasteiger charge is 2.16. The predicted molar refractivity (Wildman–Crippen MR) is 81.7 cm³/mol. The van der Waals surface area contributed by atoms with E-state index in [0.29, 0.717) is 24.2 Å². The third-order valence-electron chi connectivity index (χ3n) is 3.15. The SMILES string of the molecule is O=C1CNc2ccc(C(=O)NCCc3cscn3)cc2N1. The molecule has 108 valence electrons. The Morgan fingerprint density at radius 2 is 2.29 bits per heavy atom. The summed E-state index contributed by atoms with van der Waals surface area (Å²) in [5.74, 6) is -0.267. The van der Waals surface area contributed by atoms with E-state index in [1.807, 2.05) is 5.38 Å². The van der Waals surface area contributed by atoms with Crippen molar-refractivity contribution in [3.05, 3.63) is 40.3 Å². The second kappa shape index (κ2) is 5.92. The number of hydrogen-bond acceptors (Lipinski definition) is 5. The van der Waals surface area contributed by atoms with Crippen LogP contribution in [-0.2, 0) is 11.2 Å². The number of nitrogens with zero attached hydrogens (tertiary/aromatic N) is 1. The summed E-state index contributed by atoms with van der Waals surface area (Å²) in [4.78, 5) is 27.6. The molecule has 0 fully saturated rings. The summed E-state index contributed by atoms with van der Waals surface area (Å²) >= 11 is 1.54. The molecule has 2 heterocycles. The number of rotatable bonds is 4. The van der Waals surface area contributed by atoms with E-state index < -0.39 is 0 Å². The van der Waals surface area contributed by atoms with Crippen LogP contribution in [0.5, 0.6) is 0 Å². The fraction of sp³-hybridized carbons (Fsp3) is 0.214. The molecule has 0 unspecified atom stereocenters. The fourth-order valence-electron chi connectivity index (χ4n) is 2.08. The molecule has 1 aliphatic rings. The molecule has 0 atom stereocenters. The molecule has 7 heteroatoms. The van der Waals surface area contributed by atoms with E-state index in [1.54, 1.807) is 23.7 Å². The zero-order chi connectivity index (χ0) is 14.7. The second-order valence-electron chi connectivity index (χ2n) is 4.65. The van der Waals surface area contributed by atoms with Crippen molar-refractivity contribution in [3.8, 4) is 0 Å². The van der Waals surface area contributed by atoms with E-state index in [0.717, 1.165) is 11.4 Å². The van der Waals surface area contributed by atoms with Crippen molar-refractivity contribution >= 4 is 34.5 Å². The van der Waals surface area contributed by atoms with E-state index in [9.17, 15) is 9.59 Å². The lowest BCUT2D eigenvalue weighted by atomic mass is 10.1. The quantitative estimate of drug-likeness (QED) is 0.799. The lowest BCUT2D eigenvalue weighted by Crippen LogP contribution is -2.29. The van der Waals surface area contributed by atoms with Gasteiger partial charge in [-0.3, -0.25) is 9.59 Å². The molecule has 6 nitrogen and oxygen atoms in total. The molecule has 0 bridgehead atoms. The molecule has 0 saturated carbocycles. The molecule has 0 aliphatic carbocycles. The van der Waals surface area contributed by atoms with Gasteiger partial charge in [0.05, 0.1) is 29.1 Å². The molecule has 3 rings (SSSR count). The number of aromatic nitrogens is 1. The first-order valence-corrected chi connectivity index (χ1v) is 7.50. The molecule has 21 heavy (non-hydrogen) atoms.